The largest absolute Gasteiger partial charge is 0.353 e. The number of hydrogen-bond acceptors (Lipinski definition) is 5. The Labute approximate surface area is 439 Å². The predicted molar refractivity (Wildman–Crippen MR) is 305 cm³/mol. The maximum absolute atomic E-state index is 15.1. The first kappa shape index (κ1) is 49.9. The highest BCUT2D eigenvalue weighted by Gasteiger charge is 2.42. The highest BCUT2D eigenvalue weighted by atomic mass is 32.2. The molecule has 2 unspecified atom stereocenters. The van der Waals surface area contributed by atoms with Crippen LogP contribution in [-0.2, 0) is 24.5 Å². The van der Waals surface area contributed by atoms with Crippen LogP contribution in [0.5, 0.6) is 0 Å². The summed E-state index contributed by atoms with van der Waals surface area (Å²) in [4.78, 5) is 30.3. The van der Waals surface area contributed by atoms with E-state index in [1.807, 2.05) is 91.0 Å². The van der Waals surface area contributed by atoms with E-state index in [2.05, 4.69) is 193 Å². The highest BCUT2D eigenvalue weighted by molar-refractivity contribution is 8.01. The van der Waals surface area contributed by atoms with Crippen LogP contribution in [0.2, 0.25) is 0 Å². The zero-order chi connectivity index (χ0) is 49.5. The standard InChI is InChI=1S/C65H58N2O2S3/c68-61(66-46-47-71-64(53-34-16-4-17-35-53,54-36-18-5-19-37-54)55-38-20-6-21-39-55)59(49-72-65(56-40-22-7-23-41-56,57-42-24-8-25-43-57)58-44-26-9-27-45-58)67-62(69)60(70)48-63(50-28-10-1-11-29-50,51-30-12-2-13-31-51)52-32-14-3-15-33-52/h1-45,59-60,70H,46-49H2,(H,66,68)(H,67,69). The van der Waals surface area contributed by atoms with Crippen LogP contribution >= 0.6 is 36.2 Å². The Morgan fingerprint density at radius 1 is 0.375 bits per heavy atom. The lowest BCUT2D eigenvalue weighted by atomic mass is 9.66. The summed E-state index contributed by atoms with van der Waals surface area (Å²) >= 11 is 8.62. The summed E-state index contributed by atoms with van der Waals surface area (Å²) in [6.45, 7) is 0.361. The van der Waals surface area contributed by atoms with Gasteiger partial charge in [0, 0.05) is 23.5 Å². The molecule has 7 heteroatoms. The van der Waals surface area contributed by atoms with Crippen LogP contribution in [0.25, 0.3) is 0 Å². The fourth-order valence-corrected chi connectivity index (χ4v) is 13.4. The molecule has 0 aliphatic carbocycles. The second kappa shape index (κ2) is 23.9. The average Bonchev–Trinajstić information content (AvgIpc) is 3.46. The van der Waals surface area contributed by atoms with Gasteiger partial charge in [-0.1, -0.05) is 273 Å². The Bertz CT molecular complexity index is 2770. The van der Waals surface area contributed by atoms with Gasteiger partial charge in [0.2, 0.25) is 11.8 Å². The third-order valence-electron chi connectivity index (χ3n) is 13.5. The van der Waals surface area contributed by atoms with Gasteiger partial charge in [-0.05, 0) is 56.5 Å². The van der Waals surface area contributed by atoms with Crippen molar-refractivity contribution in [2.45, 2.75) is 32.6 Å². The monoisotopic (exact) mass is 994 g/mol. The predicted octanol–water partition coefficient (Wildman–Crippen LogP) is 13.8. The minimum Gasteiger partial charge on any atom is -0.353 e. The molecule has 9 aromatic rings. The smallest absolute Gasteiger partial charge is 0.243 e. The molecular formula is C65H58N2O2S3. The lowest BCUT2D eigenvalue weighted by Gasteiger charge is -2.38. The Morgan fingerprint density at radius 2 is 0.639 bits per heavy atom. The van der Waals surface area contributed by atoms with Crippen LogP contribution in [0, 0.1) is 0 Å². The van der Waals surface area contributed by atoms with E-state index in [4.69, 9.17) is 12.6 Å². The van der Waals surface area contributed by atoms with E-state index < -0.39 is 26.2 Å². The van der Waals surface area contributed by atoms with Crippen LogP contribution in [0.4, 0.5) is 0 Å². The van der Waals surface area contributed by atoms with E-state index in [0.29, 0.717) is 18.7 Å². The van der Waals surface area contributed by atoms with E-state index in [1.54, 1.807) is 23.5 Å². The molecule has 2 amide bonds. The summed E-state index contributed by atoms with van der Waals surface area (Å²) in [6, 6.07) is 93.2. The molecule has 0 saturated carbocycles. The first-order valence-electron chi connectivity index (χ1n) is 24.5. The molecule has 0 aliphatic heterocycles. The topological polar surface area (TPSA) is 58.2 Å². The average molecular weight is 995 g/mol. The molecule has 9 rings (SSSR count). The minimum atomic E-state index is -0.931. The summed E-state index contributed by atoms with van der Waals surface area (Å²) in [5.41, 5.74) is 9.07. The summed E-state index contributed by atoms with van der Waals surface area (Å²) in [7, 11) is 0. The van der Waals surface area contributed by atoms with E-state index in [-0.39, 0.29) is 17.6 Å². The highest BCUT2D eigenvalue weighted by Crippen LogP contribution is 2.50. The van der Waals surface area contributed by atoms with Crippen LogP contribution in [0.1, 0.15) is 56.5 Å². The van der Waals surface area contributed by atoms with Crippen molar-refractivity contribution in [1.29, 1.82) is 0 Å². The summed E-state index contributed by atoms with van der Waals surface area (Å²) < 4.78 is -1.28. The lowest BCUT2D eigenvalue weighted by Crippen LogP contribution is -2.52. The first-order valence-corrected chi connectivity index (χ1v) is 27.0. The number of thiol groups is 1. The van der Waals surface area contributed by atoms with Crippen molar-refractivity contribution in [3.8, 4) is 0 Å². The molecule has 2 N–H and O–H groups in total. The molecule has 0 fully saturated rings. The van der Waals surface area contributed by atoms with E-state index in [0.717, 1.165) is 50.1 Å². The number of nitrogens with one attached hydrogen (secondary N) is 2. The minimum absolute atomic E-state index is 0.257. The van der Waals surface area contributed by atoms with Crippen LogP contribution in [0.15, 0.2) is 273 Å². The maximum atomic E-state index is 15.1. The van der Waals surface area contributed by atoms with Gasteiger partial charge in [0.05, 0.1) is 14.7 Å². The lowest BCUT2D eigenvalue weighted by molar-refractivity contribution is -0.128. The molecule has 0 saturated heterocycles. The molecular weight excluding hydrogens is 937 g/mol. The summed E-state index contributed by atoms with van der Waals surface area (Å²) in [5.74, 6) is 0.266. The Balaban J connectivity index is 1.06. The summed E-state index contributed by atoms with van der Waals surface area (Å²) in [5, 5.41) is 5.81. The van der Waals surface area contributed by atoms with Crippen molar-refractivity contribution < 1.29 is 9.59 Å². The Morgan fingerprint density at radius 3 is 0.931 bits per heavy atom. The maximum Gasteiger partial charge on any atom is 0.243 e. The Kier molecular flexibility index (Phi) is 16.6. The molecule has 2 atom stereocenters. The first-order chi connectivity index (χ1) is 35.4. The van der Waals surface area contributed by atoms with Gasteiger partial charge >= 0.3 is 0 Å². The quantitative estimate of drug-likeness (QED) is 0.0381. The number of amides is 2. The van der Waals surface area contributed by atoms with Crippen molar-refractivity contribution in [2.75, 3.05) is 18.1 Å². The van der Waals surface area contributed by atoms with Crippen LogP contribution < -0.4 is 10.6 Å². The van der Waals surface area contributed by atoms with Crippen LogP contribution in [0.3, 0.4) is 0 Å². The third kappa shape index (κ3) is 10.8. The number of carbonyl (C=O) groups excluding carboxylic acids is 2. The van der Waals surface area contributed by atoms with Gasteiger partial charge in [0.15, 0.2) is 0 Å². The van der Waals surface area contributed by atoms with Gasteiger partial charge in [-0.3, -0.25) is 9.59 Å². The molecule has 0 bridgehead atoms. The summed E-state index contributed by atoms with van der Waals surface area (Å²) in [6.07, 6.45) is 0.334. The Hall–Kier alpha value is -7.03. The molecule has 72 heavy (non-hydrogen) atoms. The fraction of sp³-hybridized carbons (Fsp3) is 0.138. The van der Waals surface area contributed by atoms with Crippen LogP contribution in [-0.4, -0.2) is 41.2 Å². The van der Waals surface area contributed by atoms with E-state index in [1.165, 1.54) is 0 Å². The second-order valence-electron chi connectivity index (χ2n) is 17.8. The van der Waals surface area contributed by atoms with Crippen molar-refractivity contribution in [3.05, 3.63) is 323 Å². The molecule has 0 aliphatic rings. The third-order valence-corrected chi connectivity index (χ3v) is 17.1. The van der Waals surface area contributed by atoms with Gasteiger partial charge < -0.3 is 10.6 Å². The molecule has 0 heterocycles. The number of benzene rings is 9. The number of carbonyl (C=O) groups is 2. The van der Waals surface area contributed by atoms with E-state index in [9.17, 15) is 0 Å². The van der Waals surface area contributed by atoms with Gasteiger partial charge in [-0.15, -0.1) is 23.5 Å². The second-order valence-corrected chi connectivity index (χ2v) is 21.0. The van der Waals surface area contributed by atoms with Crippen molar-refractivity contribution >= 4 is 48.0 Å². The van der Waals surface area contributed by atoms with Gasteiger partial charge in [0.25, 0.3) is 0 Å². The number of thioether (sulfide) groups is 2. The van der Waals surface area contributed by atoms with Crippen molar-refractivity contribution in [3.63, 3.8) is 0 Å². The number of hydrogen-bond donors (Lipinski definition) is 3. The van der Waals surface area contributed by atoms with Gasteiger partial charge in [0.1, 0.15) is 6.04 Å². The molecule has 0 spiro atoms. The molecule has 0 radical (unpaired) electrons. The zero-order valence-corrected chi connectivity index (χ0v) is 42.6. The SMILES string of the molecule is O=C(NC(CSC(c1ccccc1)(c1ccccc1)c1ccccc1)C(=O)NCCSC(c1ccccc1)(c1ccccc1)c1ccccc1)C(S)CC(c1ccccc1)(c1ccccc1)c1ccccc1. The fourth-order valence-electron chi connectivity index (χ4n) is 10.1. The molecule has 358 valence electrons. The molecule has 9 aromatic carbocycles. The van der Waals surface area contributed by atoms with Crippen molar-refractivity contribution in [1.82, 2.24) is 10.6 Å². The number of rotatable bonds is 21. The van der Waals surface area contributed by atoms with Gasteiger partial charge in [-0.2, -0.15) is 12.6 Å². The zero-order valence-electron chi connectivity index (χ0n) is 40.0. The molecule has 4 nitrogen and oxygen atoms in total. The normalized spacial score (nSPS) is 12.6. The van der Waals surface area contributed by atoms with Crippen molar-refractivity contribution in [2.24, 2.45) is 0 Å². The van der Waals surface area contributed by atoms with Gasteiger partial charge in [-0.25, -0.2) is 0 Å². The molecule has 0 aromatic heterocycles. The van der Waals surface area contributed by atoms with E-state index >= 15 is 9.59 Å².